The van der Waals surface area contributed by atoms with Crippen molar-refractivity contribution in [2.24, 2.45) is 0 Å². The van der Waals surface area contributed by atoms with Crippen LogP contribution in [0, 0.1) is 0 Å². The Hall–Kier alpha value is -0.0400. The second-order valence-electron chi connectivity index (χ2n) is 9.37. The lowest BCUT2D eigenvalue weighted by Crippen LogP contribution is -2.20. The molecule has 0 N–H and O–H groups in total. The van der Waals surface area contributed by atoms with E-state index in [0.717, 1.165) is 0 Å². The van der Waals surface area contributed by atoms with Gasteiger partial charge in [-0.2, -0.15) is 0 Å². The monoisotopic (exact) mass is 395 g/mol. The van der Waals surface area contributed by atoms with Gasteiger partial charge < -0.3 is 4.90 Å². The second-order valence-corrected chi connectivity index (χ2v) is 9.37. The van der Waals surface area contributed by atoms with Crippen molar-refractivity contribution in [1.29, 1.82) is 0 Å². The molecule has 0 aliphatic heterocycles. The minimum atomic E-state index is 1.31. The van der Waals surface area contributed by atoms with E-state index < -0.39 is 0 Å². The highest BCUT2D eigenvalue weighted by Crippen LogP contribution is 2.13. The maximum absolute atomic E-state index is 2.57. The summed E-state index contributed by atoms with van der Waals surface area (Å²) < 4.78 is 0. The zero-order chi connectivity index (χ0) is 20.5. The lowest BCUT2D eigenvalue weighted by Gasteiger charge is -2.16. The fourth-order valence-electron chi connectivity index (χ4n) is 4.20. The first-order valence-corrected chi connectivity index (χ1v) is 13.5. The first-order chi connectivity index (χ1) is 13.8. The number of hydrogen-bond acceptors (Lipinski definition) is 1. The molecular formula is C27H57N. The summed E-state index contributed by atoms with van der Waals surface area (Å²) in [7, 11) is 2.32. The predicted molar refractivity (Wildman–Crippen MR) is 130 cm³/mol. The summed E-state index contributed by atoms with van der Waals surface area (Å²) in [6, 6.07) is 0. The minimum Gasteiger partial charge on any atom is -0.306 e. The molecule has 0 aliphatic carbocycles. The quantitative estimate of drug-likeness (QED) is 0.147. The van der Waals surface area contributed by atoms with E-state index in [-0.39, 0.29) is 0 Å². The Morgan fingerprint density at radius 2 is 0.536 bits per heavy atom. The van der Waals surface area contributed by atoms with E-state index in [0.29, 0.717) is 0 Å². The predicted octanol–water partition coefficient (Wildman–Crippen LogP) is 9.54. The van der Waals surface area contributed by atoms with E-state index in [1.54, 1.807) is 0 Å². The van der Waals surface area contributed by atoms with Gasteiger partial charge >= 0.3 is 0 Å². The van der Waals surface area contributed by atoms with Crippen LogP contribution in [0.3, 0.4) is 0 Å². The van der Waals surface area contributed by atoms with Crippen molar-refractivity contribution in [1.82, 2.24) is 4.90 Å². The van der Waals surface area contributed by atoms with Crippen molar-refractivity contribution in [2.45, 2.75) is 155 Å². The first-order valence-electron chi connectivity index (χ1n) is 13.5. The average molecular weight is 396 g/mol. The van der Waals surface area contributed by atoms with Gasteiger partial charge in [0.25, 0.3) is 0 Å². The van der Waals surface area contributed by atoms with Gasteiger partial charge in [-0.15, -0.1) is 0 Å². The molecule has 0 amide bonds. The summed E-state index contributed by atoms with van der Waals surface area (Å²) in [6.45, 7) is 7.23. The number of nitrogens with zero attached hydrogens (tertiary/aromatic N) is 1. The highest BCUT2D eigenvalue weighted by molar-refractivity contribution is 4.55. The fourth-order valence-corrected chi connectivity index (χ4v) is 4.20. The minimum absolute atomic E-state index is 1.31. The Morgan fingerprint density at radius 3 is 0.786 bits per heavy atom. The van der Waals surface area contributed by atoms with Crippen LogP contribution in [0.15, 0.2) is 0 Å². The second kappa shape index (κ2) is 25.0. The van der Waals surface area contributed by atoms with Crippen molar-refractivity contribution in [3.8, 4) is 0 Å². The molecule has 0 saturated heterocycles. The molecule has 28 heavy (non-hydrogen) atoms. The van der Waals surface area contributed by atoms with Crippen LogP contribution in [0.1, 0.15) is 155 Å². The van der Waals surface area contributed by atoms with Gasteiger partial charge in [0.15, 0.2) is 0 Å². The standard InChI is InChI=1S/C27H57N/c1-4-6-8-10-12-14-15-16-17-18-19-21-23-25-27-28(3)26-24-22-20-13-11-9-7-5-2/h4-27H2,1-3H3. The van der Waals surface area contributed by atoms with Crippen LogP contribution >= 0.6 is 0 Å². The fraction of sp³-hybridized carbons (Fsp3) is 1.00. The summed E-state index contributed by atoms with van der Waals surface area (Å²) in [6.07, 6.45) is 31.9. The highest BCUT2D eigenvalue weighted by Gasteiger charge is 1.99. The number of hydrogen-bond donors (Lipinski definition) is 0. The van der Waals surface area contributed by atoms with E-state index in [2.05, 4.69) is 25.8 Å². The highest BCUT2D eigenvalue weighted by atomic mass is 15.1. The summed E-state index contributed by atoms with van der Waals surface area (Å²) >= 11 is 0. The Balaban J connectivity index is 3.11. The van der Waals surface area contributed by atoms with Gasteiger partial charge in [0.2, 0.25) is 0 Å². The van der Waals surface area contributed by atoms with E-state index in [4.69, 9.17) is 0 Å². The molecule has 0 aromatic heterocycles. The average Bonchev–Trinajstić information content (AvgIpc) is 2.70. The maximum Gasteiger partial charge on any atom is -0.00218 e. The number of unbranched alkanes of at least 4 members (excludes halogenated alkanes) is 20. The molecule has 0 aromatic carbocycles. The van der Waals surface area contributed by atoms with E-state index >= 15 is 0 Å². The normalized spacial score (nSPS) is 11.6. The van der Waals surface area contributed by atoms with Crippen molar-refractivity contribution in [3.63, 3.8) is 0 Å². The summed E-state index contributed by atoms with van der Waals surface area (Å²) in [5.74, 6) is 0. The van der Waals surface area contributed by atoms with Crippen LogP contribution < -0.4 is 0 Å². The van der Waals surface area contributed by atoms with Gasteiger partial charge in [0, 0.05) is 0 Å². The third-order valence-electron chi connectivity index (χ3n) is 6.29. The Kier molecular flexibility index (Phi) is 25.0. The Bertz CT molecular complexity index is 263. The molecule has 0 rings (SSSR count). The van der Waals surface area contributed by atoms with E-state index in [1.165, 1.54) is 154 Å². The molecule has 0 radical (unpaired) electrons. The van der Waals surface area contributed by atoms with Gasteiger partial charge in [-0.3, -0.25) is 0 Å². The first kappa shape index (κ1) is 28.0. The number of rotatable bonds is 24. The molecule has 0 heterocycles. The Morgan fingerprint density at radius 1 is 0.321 bits per heavy atom. The summed E-state index contributed by atoms with van der Waals surface area (Å²) in [5, 5.41) is 0. The van der Waals surface area contributed by atoms with Crippen molar-refractivity contribution in [2.75, 3.05) is 20.1 Å². The molecule has 0 unspecified atom stereocenters. The van der Waals surface area contributed by atoms with E-state index in [1.807, 2.05) is 0 Å². The molecule has 0 spiro atoms. The lowest BCUT2D eigenvalue weighted by atomic mass is 10.0. The van der Waals surface area contributed by atoms with Crippen molar-refractivity contribution >= 4 is 0 Å². The summed E-state index contributed by atoms with van der Waals surface area (Å²) in [5.41, 5.74) is 0. The molecule has 0 bridgehead atoms. The van der Waals surface area contributed by atoms with Crippen LogP contribution in [-0.2, 0) is 0 Å². The third-order valence-corrected chi connectivity index (χ3v) is 6.29. The SMILES string of the molecule is CCCCCCCCCCCCCCCCN(C)CCCCCCCCCC. The van der Waals surface area contributed by atoms with E-state index in [9.17, 15) is 0 Å². The molecular weight excluding hydrogens is 338 g/mol. The molecule has 170 valence electrons. The summed E-state index contributed by atoms with van der Waals surface area (Å²) in [4.78, 5) is 2.57. The molecule has 1 nitrogen and oxygen atoms in total. The molecule has 0 aliphatic rings. The van der Waals surface area contributed by atoms with Crippen LogP contribution in [0.5, 0.6) is 0 Å². The maximum atomic E-state index is 2.57. The van der Waals surface area contributed by atoms with Crippen molar-refractivity contribution < 1.29 is 0 Å². The van der Waals surface area contributed by atoms with Gasteiger partial charge in [-0.25, -0.2) is 0 Å². The van der Waals surface area contributed by atoms with Crippen LogP contribution in [0.4, 0.5) is 0 Å². The van der Waals surface area contributed by atoms with Crippen molar-refractivity contribution in [3.05, 3.63) is 0 Å². The lowest BCUT2D eigenvalue weighted by molar-refractivity contribution is 0.314. The smallest absolute Gasteiger partial charge is 0.00218 e. The van der Waals surface area contributed by atoms with Gasteiger partial charge in [0.05, 0.1) is 0 Å². The van der Waals surface area contributed by atoms with Crippen LogP contribution in [-0.4, -0.2) is 25.0 Å². The largest absolute Gasteiger partial charge is 0.306 e. The van der Waals surface area contributed by atoms with Gasteiger partial charge in [0.1, 0.15) is 0 Å². The molecule has 1 heteroatoms. The van der Waals surface area contributed by atoms with Crippen LogP contribution in [0.2, 0.25) is 0 Å². The molecule has 0 aromatic rings. The van der Waals surface area contributed by atoms with Crippen LogP contribution in [0.25, 0.3) is 0 Å². The molecule has 0 atom stereocenters. The zero-order valence-corrected chi connectivity index (χ0v) is 20.4. The molecule has 0 fully saturated rings. The Labute approximate surface area is 180 Å². The molecule has 0 saturated carbocycles. The van der Waals surface area contributed by atoms with Gasteiger partial charge in [-0.1, -0.05) is 142 Å². The topological polar surface area (TPSA) is 3.24 Å². The zero-order valence-electron chi connectivity index (χ0n) is 20.4. The van der Waals surface area contributed by atoms with Gasteiger partial charge in [-0.05, 0) is 33.0 Å². The third kappa shape index (κ3) is 24.0.